The second-order valence-corrected chi connectivity index (χ2v) is 4.04. The van der Waals surface area contributed by atoms with Crippen molar-refractivity contribution in [1.29, 1.82) is 0 Å². The molecule has 5 heteroatoms. The molecular formula is C11H13ClN4. The first-order valence-corrected chi connectivity index (χ1v) is 5.40. The van der Waals surface area contributed by atoms with Crippen molar-refractivity contribution in [1.82, 2.24) is 14.8 Å². The summed E-state index contributed by atoms with van der Waals surface area (Å²) in [5.74, 6) is 1.68. The first kappa shape index (κ1) is 11.1. The Morgan fingerprint density at radius 2 is 2.06 bits per heavy atom. The van der Waals surface area contributed by atoms with E-state index in [0.717, 1.165) is 22.2 Å². The predicted octanol–water partition coefficient (Wildman–Crippen LogP) is 1.52. The number of hydrogen-bond acceptors (Lipinski definition) is 3. The van der Waals surface area contributed by atoms with Crippen molar-refractivity contribution in [2.75, 3.05) is 0 Å². The molecule has 0 aliphatic rings. The number of hydrogen-bond donors (Lipinski definition) is 1. The SMILES string of the molecule is Cn1c(CN)nnc1Cc1cccc(Cl)c1. The van der Waals surface area contributed by atoms with Crippen LogP contribution >= 0.6 is 11.6 Å². The minimum atomic E-state index is 0.402. The highest BCUT2D eigenvalue weighted by atomic mass is 35.5. The van der Waals surface area contributed by atoms with Crippen molar-refractivity contribution in [2.45, 2.75) is 13.0 Å². The summed E-state index contributed by atoms with van der Waals surface area (Å²) in [6.07, 6.45) is 0.712. The normalized spacial score (nSPS) is 10.7. The van der Waals surface area contributed by atoms with Crippen molar-refractivity contribution < 1.29 is 0 Å². The van der Waals surface area contributed by atoms with Crippen LogP contribution < -0.4 is 5.73 Å². The Bertz CT molecular complexity index is 492. The standard InChI is InChI=1S/C11H13ClN4/c1-16-10(14-15-11(16)7-13)6-8-3-2-4-9(12)5-8/h2-5H,6-7,13H2,1H3. The molecule has 0 bridgehead atoms. The van der Waals surface area contributed by atoms with Crippen LogP contribution in [0.2, 0.25) is 5.02 Å². The molecule has 4 nitrogen and oxygen atoms in total. The average molecular weight is 237 g/mol. The summed E-state index contributed by atoms with van der Waals surface area (Å²) < 4.78 is 1.92. The predicted molar refractivity (Wildman–Crippen MR) is 63.2 cm³/mol. The maximum atomic E-state index is 5.92. The molecule has 2 aromatic rings. The Hall–Kier alpha value is -1.39. The largest absolute Gasteiger partial charge is 0.324 e. The summed E-state index contributed by atoms with van der Waals surface area (Å²) in [7, 11) is 1.92. The molecule has 0 spiro atoms. The topological polar surface area (TPSA) is 56.7 Å². The van der Waals surface area contributed by atoms with Crippen molar-refractivity contribution in [2.24, 2.45) is 12.8 Å². The maximum Gasteiger partial charge on any atom is 0.146 e. The van der Waals surface area contributed by atoms with Gasteiger partial charge in [-0.2, -0.15) is 0 Å². The summed E-state index contributed by atoms with van der Waals surface area (Å²) in [5.41, 5.74) is 6.65. The molecule has 1 heterocycles. The van der Waals surface area contributed by atoms with Gasteiger partial charge in [0.1, 0.15) is 11.6 Å². The lowest BCUT2D eigenvalue weighted by molar-refractivity contribution is 0.758. The molecule has 2 rings (SSSR count). The number of nitrogens with two attached hydrogens (primary N) is 1. The molecule has 0 amide bonds. The summed E-state index contributed by atoms with van der Waals surface area (Å²) in [6, 6.07) is 7.73. The summed E-state index contributed by atoms with van der Waals surface area (Å²) in [5, 5.41) is 8.84. The van der Waals surface area contributed by atoms with Gasteiger partial charge in [0, 0.05) is 18.5 Å². The molecule has 0 unspecified atom stereocenters. The molecule has 0 atom stereocenters. The van der Waals surface area contributed by atoms with Crippen molar-refractivity contribution >= 4 is 11.6 Å². The Kier molecular flexibility index (Phi) is 3.22. The highest BCUT2D eigenvalue weighted by Gasteiger charge is 2.07. The van der Waals surface area contributed by atoms with Crippen LogP contribution in [0.3, 0.4) is 0 Å². The zero-order chi connectivity index (χ0) is 11.5. The fourth-order valence-corrected chi connectivity index (χ4v) is 1.77. The zero-order valence-electron chi connectivity index (χ0n) is 9.02. The van der Waals surface area contributed by atoms with E-state index in [1.165, 1.54) is 0 Å². The van der Waals surface area contributed by atoms with Gasteiger partial charge in [0.15, 0.2) is 0 Å². The number of benzene rings is 1. The molecular weight excluding hydrogens is 224 g/mol. The lowest BCUT2D eigenvalue weighted by Gasteiger charge is -2.03. The van der Waals surface area contributed by atoms with Gasteiger partial charge in [0.2, 0.25) is 0 Å². The maximum absolute atomic E-state index is 5.92. The van der Waals surface area contributed by atoms with Gasteiger partial charge in [-0.25, -0.2) is 0 Å². The number of rotatable bonds is 3. The van der Waals surface area contributed by atoms with E-state index < -0.39 is 0 Å². The molecule has 2 N–H and O–H groups in total. The number of aromatic nitrogens is 3. The monoisotopic (exact) mass is 236 g/mol. The van der Waals surface area contributed by atoms with E-state index in [2.05, 4.69) is 10.2 Å². The third kappa shape index (κ3) is 2.23. The Morgan fingerprint density at radius 3 is 2.69 bits per heavy atom. The zero-order valence-corrected chi connectivity index (χ0v) is 9.78. The first-order valence-electron chi connectivity index (χ1n) is 5.02. The van der Waals surface area contributed by atoms with Crippen LogP contribution in [-0.4, -0.2) is 14.8 Å². The van der Waals surface area contributed by atoms with Crippen LogP contribution in [-0.2, 0) is 20.0 Å². The van der Waals surface area contributed by atoms with Gasteiger partial charge in [-0.1, -0.05) is 23.7 Å². The van der Waals surface area contributed by atoms with E-state index in [1.54, 1.807) is 0 Å². The minimum absolute atomic E-state index is 0.402. The van der Waals surface area contributed by atoms with Gasteiger partial charge < -0.3 is 10.3 Å². The summed E-state index contributed by atoms with van der Waals surface area (Å²) in [6.45, 7) is 0.402. The molecule has 1 aromatic heterocycles. The summed E-state index contributed by atoms with van der Waals surface area (Å²) >= 11 is 5.92. The summed E-state index contributed by atoms with van der Waals surface area (Å²) in [4.78, 5) is 0. The quantitative estimate of drug-likeness (QED) is 0.879. The van der Waals surface area contributed by atoms with Crippen LogP contribution in [0.25, 0.3) is 0 Å². The van der Waals surface area contributed by atoms with E-state index in [4.69, 9.17) is 17.3 Å². The van der Waals surface area contributed by atoms with Gasteiger partial charge in [0.05, 0.1) is 6.54 Å². The van der Waals surface area contributed by atoms with Crippen LogP contribution in [0.4, 0.5) is 0 Å². The Labute approximate surface area is 99.1 Å². The highest BCUT2D eigenvalue weighted by molar-refractivity contribution is 6.30. The number of halogens is 1. The highest BCUT2D eigenvalue weighted by Crippen LogP contribution is 2.13. The van der Waals surface area contributed by atoms with E-state index in [-0.39, 0.29) is 0 Å². The van der Waals surface area contributed by atoms with Gasteiger partial charge in [0.25, 0.3) is 0 Å². The lowest BCUT2D eigenvalue weighted by atomic mass is 10.1. The van der Waals surface area contributed by atoms with Crippen LogP contribution in [0, 0.1) is 0 Å². The Balaban J connectivity index is 2.24. The Morgan fingerprint density at radius 1 is 1.31 bits per heavy atom. The lowest BCUT2D eigenvalue weighted by Crippen LogP contribution is -2.07. The van der Waals surface area contributed by atoms with Gasteiger partial charge in [-0.05, 0) is 17.7 Å². The van der Waals surface area contributed by atoms with Gasteiger partial charge in [-0.3, -0.25) is 0 Å². The average Bonchev–Trinajstić information content (AvgIpc) is 2.60. The van der Waals surface area contributed by atoms with Gasteiger partial charge >= 0.3 is 0 Å². The van der Waals surface area contributed by atoms with E-state index in [0.29, 0.717) is 13.0 Å². The van der Waals surface area contributed by atoms with Crippen LogP contribution in [0.15, 0.2) is 24.3 Å². The van der Waals surface area contributed by atoms with Crippen molar-refractivity contribution in [3.05, 3.63) is 46.5 Å². The fourth-order valence-electron chi connectivity index (χ4n) is 1.56. The van der Waals surface area contributed by atoms with E-state index in [1.807, 2.05) is 35.9 Å². The third-order valence-electron chi connectivity index (χ3n) is 2.49. The first-order chi connectivity index (χ1) is 7.70. The molecule has 0 fully saturated rings. The third-order valence-corrected chi connectivity index (χ3v) is 2.72. The molecule has 84 valence electrons. The van der Waals surface area contributed by atoms with Gasteiger partial charge in [-0.15, -0.1) is 10.2 Å². The smallest absolute Gasteiger partial charge is 0.146 e. The van der Waals surface area contributed by atoms with Crippen molar-refractivity contribution in [3.8, 4) is 0 Å². The fraction of sp³-hybridized carbons (Fsp3) is 0.273. The second kappa shape index (κ2) is 4.63. The number of nitrogens with zero attached hydrogens (tertiary/aromatic N) is 3. The van der Waals surface area contributed by atoms with Crippen LogP contribution in [0.1, 0.15) is 17.2 Å². The molecule has 0 aliphatic heterocycles. The minimum Gasteiger partial charge on any atom is -0.324 e. The van der Waals surface area contributed by atoms with Crippen LogP contribution in [0.5, 0.6) is 0 Å². The van der Waals surface area contributed by atoms with Crippen molar-refractivity contribution in [3.63, 3.8) is 0 Å². The molecule has 0 saturated heterocycles. The molecule has 0 saturated carbocycles. The molecule has 16 heavy (non-hydrogen) atoms. The van der Waals surface area contributed by atoms with E-state index in [9.17, 15) is 0 Å². The van der Waals surface area contributed by atoms with E-state index >= 15 is 0 Å². The molecule has 0 radical (unpaired) electrons. The molecule has 1 aromatic carbocycles. The second-order valence-electron chi connectivity index (χ2n) is 3.60. The molecule has 0 aliphatic carbocycles.